The van der Waals surface area contributed by atoms with Crippen LogP contribution in [0.2, 0.25) is 0 Å². The molecule has 2 saturated heterocycles. The van der Waals surface area contributed by atoms with Crippen molar-refractivity contribution in [2.45, 2.75) is 58.9 Å². The molecule has 3 aliphatic rings. The summed E-state index contributed by atoms with van der Waals surface area (Å²) in [7, 11) is 0. The molecule has 3 fully saturated rings. The number of nitrogens with zero attached hydrogens (tertiary/aromatic N) is 1. The number of likely N-dealkylation sites (tertiary alicyclic amines) is 1. The van der Waals surface area contributed by atoms with E-state index in [0.717, 1.165) is 32.5 Å². The first-order valence-corrected chi connectivity index (χ1v) is 7.90. The molecule has 3 unspecified atom stereocenters. The lowest BCUT2D eigenvalue weighted by atomic mass is 9.65. The van der Waals surface area contributed by atoms with Gasteiger partial charge in [0, 0.05) is 19.1 Å². The highest BCUT2D eigenvalue weighted by atomic mass is 16.2. The predicted octanol–water partition coefficient (Wildman–Crippen LogP) is 2.41. The SMILES string of the molecule is CC1(C)CC2CC(C)(CN2C(=O)C2CCCNC2)C1. The minimum atomic E-state index is 0.236. The van der Waals surface area contributed by atoms with Crippen molar-refractivity contribution in [1.82, 2.24) is 10.2 Å². The lowest BCUT2D eigenvalue weighted by Gasteiger charge is -2.39. The van der Waals surface area contributed by atoms with E-state index < -0.39 is 0 Å². The quantitative estimate of drug-likeness (QED) is 0.789. The van der Waals surface area contributed by atoms with Crippen LogP contribution in [0.3, 0.4) is 0 Å². The Morgan fingerprint density at radius 2 is 2.05 bits per heavy atom. The lowest BCUT2D eigenvalue weighted by molar-refractivity contribution is -0.137. The minimum absolute atomic E-state index is 0.236. The topological polar surface area (TPSA) is 32.3 Å². The third kappa shape index (κ3) is 2.54. The van der Waals surface area contributed by atoms with Gasteiger partial charge in [0.1, 0.15) is 0 Å². The van der Waals surface area contributed by atoms with Gasteiger partial charge in [-0.05, 0) is 49.5 Å². The number of fused-ring (bicyclic) bond motifs is 2. The first kappa shape index (κ1) is 13.4. The molecule has 2 heterocycles. The Morgan fingerprint density at radius 1 is 1.26 bits per heavy atom. The maximum Gasteiger partial charge on any atom is 0.227 e. The maximum atomic E-state index is 12.8. The van der Waals surface area contributed by atoms with Crippen LogP contribution in [-0.4, -0.2) is 36.5 Å². The van der Waals surface area contributed by atoms with E-state index in [-0.39, 0.29) is 5.92 Å². The highest BCUT2D eigenvalue weighted by Gasteiger charge is 2.51. The highest BCUT2D eigenvalue weighted by molar-refractivity contribution is 5.80. The third-order valence-electron chi connectivity index (χ3n) is 5.34. The van der Waals surface area contributed by atoms with E-state index in [1.165, 1.54) is 19.3 Å². The van der Waals surface area contributed by atoms with Crippen molar-refractivity contribution in [3.63, 3.8) is 0 Å². The van der Waals surface area contributed by atoms with Crippen LogP contribution in [-0.2, 0) is 4.79 Å². The molecular formula is C16H28N2O. The molecule has 3 heteroatoms. The summed E-state index contributed by atoms with van der Waals surface area (Å²) in [6.07, 6.45) is 5.91. The first-order valence-electron chi connectivity index (χ1n) is 7.90. The second-order valence-corrected chi connectivity index (χ2v) is 8.22. The fraction of sp³-hybridized carbons (Fsp3) is 0.938. The number of carbonyl (C=O) groups is 1. The van der Waals surface area contributed by atoms with E-state index in [1.54, 1.807) is 0 Å². The molecule has 0 aromatic rings. The zero-order chi connectivity index (χ0) is 13.7. The number of hydrogen-bond donors (Lipinski definition) is 1. The average molecular weight is 264 g/mol. The van der Waals surface area contributed by atoms with Gasteiger partial charge in [0.2, 0.25) is 5.91 Å². The van der Waals surface area contributed by atoms with Crippen LogP contribution in [0, 0.1) is 16.7 Å². The van der Waals surface area contributed by atoms with Gasteiger partial charge in [0.05, 0.1) is 5.92 Å². The summed E-state index contributed by atoms with van der Waals surface area (Å²) >= 11 is 0. The lowest BCUT2D eigenvalue weighted by Crippen LogP contribution is -2.45. The molecule has 2 aliphatic heterocycles. The third-order valence-corrected chi connectivity index (χ3v) is 5.34. The van der Waals surface area contributed by atoms with Crippen LogP contribution in [0.5, 0.6) is 0 Å². The van der Waals surface area contributed by atoms with Gasteiger partial charge in [-0.2, -0.15) is 0 Å². The molecule has 2 bridgehead atoms. The van der Waals surface area contributed by atoms with Gasteiger partial charge in [-0.3, -0.25) is 4.79 Å². The summed E-state index contributed by atoms with van der Waals surface area (Å²) in [6.45, 7) is 10.1. The summed E-state index contributed by atoms with van der Waals surface area (Å²) in [6, 6.07) is 0.503. The Morgan fingerprint density at radius 3 is 2.74 bits per heavy atom. The number of nitrogens with one attached hydrogen (secondary N) is 1. The van der Waals surface area contributed by atoms with E-state index in [9.17, 15) is 4.79 Å². The van der Waals surface area contributed by atoms with Gasteiger partial charge < -0.3 is 10.2 Å². The van der Waals surface area contributed by atoms with Crippen molar-refractivity contribution < 1.29 is 4.79 Å². The standard InChI is InChI=1S/C16H28N2O/c1-15(2)7-13-8-16(3,10-15)11-18(13)14(19)12-5-4-6-17-9-12/h12-13,17H,4-11H2,1-3H3. The van der Waals surface area contributed by atoms with Gasteiger partial charge in [-0.25, -0.2) is 0 Å². The van der Waals surface area contributed by atoms with Gasteiger partial charge in [-0.15, -0.1) is 0 Å². The number of amides is 1. The second kappa shape index (κ2) is 4.47. The molecule has 19 heavy (non-hydrogen) atoms. The molecule has 1 saturated carbocycles. The smallest absolute Gasteiger partial charge is 0.227 e. The molecule has 0 spiro atoms. The van der Waals surface area contributed by atoms with Crippen molar-refractivity contribution in [2.24, 2.45) is 16.7 Å². The van der Waals surface area contributed by atoms with E-state index in [1.807, 2.05) is 0 Å². The van der Waals surface area contributed by atoms with Crippen molar-refractivity contribution >= 4 is 5.91 Å². The van der Waals surface area contributed by atoms with Crippen molar-refractivity contribution in [3.05, 3.63) is 0 Å². The zero-order valence-corrected chi connectivity index (χ0v) is 12.7. The zero-order valence-electron chi connectivity index (χ0n) is 12.7. The average Bonchev–Trinajstić information content (AvgIpc) is 2.59. The fourth-order valence-corrected chi connectivity index (χ4v) is 5.01. The molecule has 1 amide bonds. The maximum absolute atomic E-state index is 12.8. The Kier molecular flexibility index (Phi) is 3.16. The van der Waals surface area contributed by atoms with E-state index in [4.69, 9.17) is 0 Å². The van der Waals surface area contributed by atoms with E-state index in [0.29, 0.717) is 22.8 Å². The van der Waals surface area contributed by atoms with Gasteiger partial charge >= 0.3 is 0 Å². The largest absolute Gasteiger partial charge is 0.339 e. The summed E-state index contributed by atoms with van der Waals surface area (Å²) in [5.74, 6) is 0.665. The number of hydrogen-bond acceptors (Lipinski definition) is 2. The van der Waals surface area contributed by atoms with Gasteiger partial charge in [0.15, 0.2) is 0 Å². The van der Waals surface area contributed by atoms with Crippen LogP contribution in [0.4, 0.5) is 0 Å². The molecule has 1 aliphatic carbocycles. The molecule has 0 aromatic carbocycles. The Labute approximate surface area is 117 Å². The number of carbonyl (C=O) groups excluding carboxylic acids is 1. The van der Waals surface area contributed by atoms with Crippen molar-refractivity contribution in [3.8, 4) is 0 Å². The first-order chi connectivity index (χ1) is 8.89. The monoisotopic (exact) mass is 264 g/mol. The van der Waals surface area contributed by atoms with E-state index >= 15 is 0 Å². The van der Waals surface area contributed by atoms with Crippen LogP contribution in [0.25, 0.3) is 0 Å². The molecule has 0 radical (unpaired) electrons. The summed E-state index contributed by atoms with van der Waals surface area (Å²) in [5, 5.41) is 3.38. The van der Waals surface area contributed by atoms with E-state index in [2.05, 4.69) is 31.0 Å². The van der Waals surface area contributed by atoms with Gasteiger partial charge in [-0.1, -0.05) is 20.8 Å². The number of rotatable bonds is 1. The summed E-state index contributed by atoms with van der Waals surface area (Å²) in [4.78, 5) is 15.0. The molecule has 3 atom stereocenters. The van der Waals surface area contributed by atoms with Crippen LogP contribution < -0.4 is 5.32 Å². The minimum Gasteiger partial charge on any atom is -0.339 e. The molecule has 0 aromatic heterocycles. The summed E-state index contributed by atoms with van der Waals surface area (Å²) in [5.41, 5.74) is 0.766. The fourth-order valence-electron chi connectivity index (χ4n) is 5.01. The van der Waals surface area contributed by atoms with Crippen molar-refractivity contribution in [1.29, 1.82) is 0 Å². The molecule has 3 nitrogen and oxygen atoms in total. The van der Waals surface area contributed by atoms with Crippen molar-refractivity contribution in [2.75, 3.05) is 19.6 Å². The predicted molar refractivity (Wildman–Crippen MR) is 76.8 cm³/mol. The Hall–Kier alpha value is -0.570. The highest BCUT2D eigenvalue weighted by Crippen LogP contribution is 2.52. The van der Waals surface area contributed by atoms with Crippen LogP contribution in [0.1, 0.15) is 52.9 Å². The Bertz CT molecular complexity index is 373. The molecule has 3 rings (SSSR count). The number of piperidine rings is 1. The molecule has 1 N–H and O–H groups in total. The van der Waals surface area contributed by atoms with Gasteiger partial charge in [0.25, 0.3) is 0 Å². The Balaban J connectivity index is 1.74. The second-order valence-electron chi connectivity index (χ2n) is 8.22. The normalized spacial score (nSPS) is 41.3. The van der Waals surface area contributed by atoms with Crippen LogP contribution in [0.15, 0.2) is 0 Å². The summed E-state index contributed by atoms with van der Waals surface area (Å²) < 4.78 is 0. The molecule has 108 valence electrons. The molecular weight excluding hydrogens is 236 g/mol. The van der Waals surface area contributed by atoms with Crippen LogP contribution >= 0.6 is 0 Å².